The van der Waals surface area contributed by atoms with Crippen LogP contribution in [0.4, 0.5) is 0 Å². The summed E-state index contributed by atoms with van der Waals surface area (Å²) in [5.74, 6) is 0.307. The number of unbranched alkanes of at least 4 members (excludes halogenated alkanes) is 1. The van der Waals surface area contributed by atoms with Crippen molar-refractivity contribution >= 4 is 17.0 Å². The van der Waals surface area contributed by atoms with Crippen LogP contribution in [0.1, 0.15) is 38.4 Å². The number of aromatic nitrogens is 3. The summed E-state index contributed by atoms with van der Waals surface area (Å²) in [5, 5.41) is 8.63. The molecule has 2 heterocycles. The molecular weight excluding hydrogens is 242 g/mol. The first-order valence-electron chi connectivity index (χ1n) is 6.73. The molecule has 0 atom stereocenters. The van der Waals surface area contributed by atoms with Crippen molar-refractivity contribution in [2.75, 3.05) is 0 Å². The highest BCUT2D eigenvalue weighted by molar-refractivity contribution is 5.74. The molecule has 0 saturated carbocycles. The number of imidazole rings is 1. The van der Waals surface area contributed by atoms with Gasteiger partial charge in [0.2, 0.25) is 0 Å². The van der Waals surface area contributed by atoms with Crippen LogP contribution in [0.15, 0.2) is 18.5 Å². The Bertz CT molecular complexity index is 563. The highest BCUT2D eigenvalue weighted by Crippen LogP contribution is 2.17. The molecule has 1 N–H and O–H groups in total. The van der Waals surface area contributed by atoms with E-state index in [-0.39, 0.29) is 6.42 Å². The van der Waals surface area contributed by atoms with Crippen molar-refractivity contribution in [1.29, 1.82) is 0 Å². The third-order valence-electron chi connectivity index (χ3n) is 3.12. The van der Waals surface area contributed by atoms with Gasteiger partial charge in [0.1, 0.15) is 11.3 Å². The van der Waals surface area contributed by atoms with Crippen molar-refractivity contribution in [1.82, 2.24) is 14.5 Å². The monoisotopic (exact) mass is 261 g/mol. The average Bonchev–Trinajstić information content (AvgIpc) is 2.74. The van der Waals surface area contributed by atoms with Gasteiger partial charge >= 0.3 is 5.97 Å². The molecule has 102 valence electrons. The van der Waals surface area contributed by atoms with Crippen molar-refractivity contribution in [2.24, 2.45) is 0 Å². The number of hydrogen-bond acceptors (Lipinski definition) is 3. The standard InChI is InChI=1S/C14H19N3O2/c1-2-9-17-12-7-8-15-10-11(12)16-13(17)5-3-4-6-14(18)19/h7-8,10H,2-6,9H2,1H3,(H,18,19). The molecule has 19 heavy (non-hydrogen) atoms. The first-order valence-corrected chi connectivity index (χ1v) is 6.73. The second-order valence-electron chi connectivity index (χ2n) is 4.64. The molecule has 0 unspecified atom stereocenters. The molecule has 0 aliphatic rings. The van der Waals surface area contributed by atoms with E-state index in [1.807, 2.05) is 6.07 Å². The molecule has 0 fully saturated rings. The highest BCUT2D eigenvalue weighted by Gasteiger charge is 2.09. The number of pyridine rings is 1. The van der Waals surface area contributed by atoms with E-state index in [9.17, 15) is 4.79 Å². The summed E-state index contributed by atoms with van der Waals surface area (Å²) >= 11 is 0. The zero-order chi connectivity index (χ0) is 13.7. The molecule has 5 heteroatoms. The Labute approximate surface area is 112 Å². The lowest BCUT2D eigenvalue weighted by molar-refractivity contribution is -0.137. The third kappa shape index (κ3) is 3.30. The molecule has 0 aliphatic heterocycles. The van der Waals surface area contributed by atoms with Gasteiger partial charge in [-0.3, -0.25) is 9.78 Å². The van der Waals surface area contributed by atoms with E-state index in [1.54, 1.807) is 12.4 Å². The topological polar surface area (TPSA) is 68.0 Å². The lowest BCUT2D eigenvalue weighted by Crippen LogP contribution is -2.04. The van der Waals surface area contributed by atoms with E-state index in [2.05, 4.69) is 21.5 Å². The van der Waals surface area contributed by atoms with Crippen LogP contribution in [0.5, 0.6) is 0 Å². The van der Waals surface area contributed by atoms with E-state index in [4.69, 9.17) is 5.11 Å². The maximum Gasteiger partial charge on any atom is 0.303 e. The highest BCUT2D eigenvalue weighted by atomic mass is 16.4. The van der Waals surface area contributed by atoms with Gasteiger partial charge in [0.05, 0.1) is 11.7 Å². The molecule has 5 nitrogen and oxygen atoms in total. The molecule has 2 aromatic rings. The number of rotatable bonds is 7. The molecule has 0 amide bonds. The fourth-order valence-corrected chi connectivity index (χ4v) is 2.25. The predicted molar refractivity (Wildman–Crippen MR) is 73.0 cm³/mol. The number of carboxylic acid groups (broad SMARTS) is 1. The molecule has 0 spiro atoms. The number of nitrogens with zero attached hydrogens (tertiary/aromatic N) is 3. The largest absolute Gasteiger partial charge is 0.481 e. The van der Waals surface area contributed by atoms with E-state index < -0.39 is 5.97 Å². The van der Waals surface area contributed by atoms with Crippen LogP contribution in [0.2, 0.25) is 0 Å². The minimum absolute atomic E-state index is 0.232. The Morgan fingerprint density at radius 2 is 2.26 bits per heavy atom. The molecular formula is C14H19N3O2. The van der Waals surface area contributed by atoms with Crippen LogP contribution in [-0.2, 0) is 17.8 Å². The molecule has 0 saturated heterocycles. The Kier molecular flexibility index (Phi) is 4.49. The van der Waals surface area contributed by atoms with Gasteiger partial charge in [-0.15, -0.1) is 0 Å². The lowest BCUT2D eigenvalue weighted by atomic mass is 10.2. The van der Waals surface area contributed by atoms with E-state index in [0.717, 1.165) is 42.7 Å². The van der Waals surface area contributed by atoms with Gasteiger partial charge in [0.25, 0.3) is 0 Å². The summed E-state index contributed by atoms with van der Waals surface area (Å²) in [6, 6.07) is 1.98. The van der Waals surface area contributed by atoms with Gasteiger partial charge in [-0.2, -0.15) is 0 Å². The summed E-state index contributed by atoms with van der Waals surface area (Å²) in [7, 11) is 0. The van der Waals surface area contributed by atoms with Crippen LogP contribution in [0.3, 0.4) is 0 Å². The molecule has 0 bridgehead atoms. The zero-order valence-corrected chi connectivity index (χ0v) is 11.2. The van der Waals surface area contributed by atoms with Crippen LogP contribution in [-0.4, -0.2) is 25.6 Å². The van der Waals surface area contributed by atoms with Crippen molar-refractivity contribution in [2.45, 2.75) is 45.6 Å². The SMILES string of the molecule is CCCn1c(CCCCC(=O)O)nc2cnccc21. The smallest absolute Gasteiger partial charge is 0.303 e. The molecule has 2 aromatic heterocycles. The van der Waals surface area contributed by atoms with Crippen molar-refractivity contribution in [3.05, 3.63) is 24.3 Å². The van der Waals surface area contributed by atoms with Gasteiger partial charge in [-0.1, -0.05) is 6.92 Å². The number of carbonyl (C=O) groups is 1. The van der Waals surface area contributed by atoms with Gasteiger partial charge in [0, 0.05) is 25.6 Å². The fourth-order valence-electron chi connectivity index (χ4n) is 2.25. The second kappa shape index (κ2) is 6.31. The predicted octanol–water partition coefficient (Wildman–Crippen LogP) is 2.64. The maximum absolute atomic E-state index is 10.5. The third-order valence-corrected chi connectivity index (χ3v) is 3.12. The number of aryl methyl sites for hydroxylation is 2. The van der Waals surface area contributed by atoms with Gasteiger partial charge in [0.15, 0.2) is 0 Å². The Hall–Kier alpha value is -1.91. The van der Waals surface area contributed by atoms with Crippen LogP contribution in [0.25, 0.3) is 11.0 Å². The van der Waals surface area contributed by atoms with Crippen LogP contribution < -0.4 is 0 Å². The molecule has 0 aliphatic carbocycles. The first kappa shape index (κ1) is 13.5. The zero-order valence-electron chi connectivity index (χ0n) is 11.2. The Balaban J connectivity index is 2.12. The molecule has 0 radical (unpaired) electrons. The first-order chi connectivity index (χ1) is 9.22. The minimum Gasteiger partial charge on any atom is -0.481 e. The maximum atomic E-state index is 10.5. The van der Waals surface area contributed by atoms with E-state index >= 15 is 0 Å². The van der Waals surface area contributed by atoms with Crippen molar-refractivity contribution in [3.8, 4) is 0 Å². The summed E-state index contributed by atoms with van der Waals surface area (Å²) in [6.45, 7) is 3.08. The van der Waals surface area contributed by atoms with Gasteiger partial charge in [-0.25, -0.2) is 4.98 Å². The van der Waals surface area contributed by atoms with Gasteiger partial charge in [-0.05, 0) is 25.3 Å². The number of hydrogen-bond donors (Lipinski definition) is 1. The summed E-state index contributed by atoms with van der Waals surface area (Å²) in [4.78, 5) is 19.2. The fraction of sp³-hybridized carbons (Fsp3) is 0.500. The van der Waals surface area contributed by atoms with Gasteiger partial charge < -0.3 is 9.67 Å². The van der Waals surface area contributed by atoms with Crippen molar-refractivity contribution in [3.63, 3.8) is 0 Å². The summed E-state index contributed by atoms with van der Waals surface area (Å²) in [5.41, 5.74) is 2.04. The number of aliphatic carboxylic acids is 1. The van der Waals surface area contributed by atoms with Crippen LogP contribution in [0, 0.1) is 0 Å². The molecule has 0 aromatic carbocycles. The normalized spacial score (nSPS) is 11.0. The lowest BCUT2D eigenvalue weighted by Gasteiger charge is -2.07. The van der Waals surface area contributed by atoms with E-state index in [1.165, 1.54) is 0 Å². The van der Waals surface area contributed by atoms with E-state index in [0.29, 0.717) is 6.42 Å². The summed E-state index contributed by atoms with van der Waals surface area (Å²) < 4.78 is 2.22. The number of fused-ring (bicyclic) bond motifs is 1. The Morgan fingerprint density at radius 1 is 1.42 bits per heavy atom. The quantitative estimate of drug-likeness (QED) is 0.778. The summed E-state index contributed by atoms with van der Waals surface area (Å²) in [6.07, 6.45) is 7.22. The average molecular weight is 261 g/mol. The van der Waals surface area contributed by atoms with Crippen molar-refractivity contribution < 1.29 is 9.90 Å². The molecule has 2 rings (SSSR count). The van der Waals surface area contributed by atoms with Crippen LogP contribution >= 0.6 is 0 Å². The minimum atomic E-state index is -0.730. The second-order valence-corrected chi connectivity index (χ2v) is 4.64. The Morgan fingerprint density at radius 3 is 3.00 bits per heavy atom. The number of carboxylic acids is 1.